The van der Waals surface area contributed by atoms with Gasteiger partial charge in [-0.1, -0.05) is 0 Å². The van der Waals surface area contributed by atoms with Crippen LogP contribution in [0.2, 0.25) is 0 Å². The van der Waals surface area contributed by atoms with Crippen LogP contribution in [0, 0.1) is 0 Å². The molecule has 2 N–H and O–H groups in total. The van der Waals surface area contributed by atoms with E-state index >= 15 is 0 Å². The third-order valence-electron chi connectivity index (χ3n) is 2.13. The summed E-state index contributed by atoms with van der Waals surface area (Å²) in [5.74, 6) is 0. The average molecular weight is 128 g/mol. The van der Waals surface area contributed by atoms with E-state index in [4.69, 9.17) is 5.73 Å². The molecule has 0 bridgehead atoms. The summed E-state index contributed by atoms with van der Waals surface area (Å²) in [6, 6.07) is 0.736. The fourth-order valence-electron chi connectivity index (χ4n) is 1.38. The summed E-state index contributed by atoms with van der Waals surface area (Å²) in [5, 5.41) is 0. The Balaban J connectivity index is 2.27. The predicted octanol–water partition coefficient (Wildman–Crippen LogP) is 0.428. The van der Waals surface area contributed by atoms with Gasteiger partial charge in [-0.25, -0.2) is 0 Å². The van der Waals surface area contributed by atoms with Gasteiger partial charge in [-0.05, 0) is 33.9 Å². The average Bonchev–Trinajstić information content (AvgIpc) is 1.59. The zero-order valence-corrected chi connectivity index (χ0v) is 6.52. The lowest BCUT2D eigenvalue weighted by Crippen LogP contribution is -2.56. The molecular formula is C7H16N2. The molecule has 0 atom stereocenters. The highest BCUT2D eigenvalue weighted by Gasteiger charge is 2.37. The molecule has 0 spiro atoms. The molecule has 0 amide bonds. The number of hydrogen-bond donors (Lipinski definition) is 1. The first-order valence-corrected chi connectivity index (χ1v) is 3.46. The van der Waals surface area contributed by atoms with Crippen molar-refractivity contribution in [2.45, 2.75) is 31.3 Å². The van der Waals surface area contributed by atoms with Crippen LogP contribution in [0.4, 0.5) is 0 Å². The Morgan fingerprint density at radius 2 is 1.89 bits per heavy atom. The second-order valence-corrected chi connectivity index (χ2v) is 3.68. The zero-order valence-electron chi connectivity index (χ0n) is 6.52. The molecule has 0 aliphatic heterocycles. The van der Waals surface area contributed by atoms with E-state index in [1.807, 2.05) is 0 Å². The summed E-state index contributed by atoms with van der Waals surface area (Å²) in [5.41, 5.74) is 5.96. The Morgan fingerprint density at radius 1 is 1.44 bits per heavy atom. The van der Waals surface area contributed by atoms with Crippen molar-refractivity contribution in [2.24, 2.45) is 5.73 Å². The van der Waals surface area contributed by atoms with Gasteiger partial charge in [-0.15, -0.1) is 0 Å². The van der Waals surface area contributed by atoms with Crippen molar-refractivity contribution < 1.29 is 0 Å². The van der Waals surface area contributed by atoms with Crippen molar-refractivity contribution in [1.29, 1.82) is 0 Å². The van der Waals surface area contributed by atoms with Crippen molar-refractivity contribution in [3.63, 3.8) is 0 Å². The minimum absolute atomic E-state index is 0.134. The van der Waals surface area contributed by atoms with E-state index in [-0.39, 0.29) is 5.54 Å². The van der Waals surface area contributed by atoms with Gasteiger partial charge in [0.1, 0.15) is 0 Å². The highest BCUT2D eigenvalue weighted by Crippen LogP contribution is 2.31. The number of nitrogens with zero attached hydrogens (tertiary/aromatic N) is 1. The van der Waals surface area contributed by atoms with Gasteiger partial charge in [0, 0.05) is 11.6 Å². The van der Waals surface area contributed by atoms with E-state index in [1.165, 1.54) is 0 Å². The zero-order chi connectivity index (χ0) is 7.07. The summed E-state index contributed by atoms with van der Waals surface area (Å²) < 4.78 is 0. The van der Waals surface area contributed by atoms with Gasteiger partial charge in [-0.3, -0.25) is 0 Å². The molecule has 0 aromatic heterocycles. The van der Waals surface area contributed by atoms with Gasteiger partial charge >= 0.3 is 0 Å². The number of nitrogens with two attached hydrogens (primary N) is 1. The standard InChI is InChI=1S/C7H16N2/c1-7(8)4-6(5-7)9(2)3/h6H,4-5,8H2,1-3H3. The molecule has 1 aliphatic carbocycles. The van der Waals surface area contributed by atoms with Crippen LogP contribution in [0.1, 0.15) is 19.8 Å². The van der Waals surface area contributed by atoms with Crippen molar-refractivity contribution in [3.05, 3.63) is 0 Å². The van der Waals surface area contributed by atoms with E-state index < -0.39 is 0 Å². The lowest BCUT2D eigenvalue weighted by Gasteiger charge is -2.45. The van der Waals surface area contributed by atoms with E-state index in [0.29, 0.717) is 0 Å². The summed E-state index contributed by atoms with van der Waals surface area (Å²) >= 11 is 0. The molecular weight excluding hydrogens is 112 g/mol. The van der Waals surface area contributed by atoms with Crippen LogP contribution in [0.25, 0.3) is 0 Å². The number of rotatable bonds is 1. The topological polar surface area (TPSA) is 29.3 Å². The first kappa shape index (κ1) is 7.03. The Kier molecular flexibility index (Phi) is 1.53. The SMILES string of the molecule is CN(C)C1CC(C)(N)C1. The second-order valence-electron chi connectivity index (χ2n) is 3.68. The van der Waals surface area contributed by atoms with Crippen molar-refractivity contribution in [1.82, 2.24) is 4.90 Å². The molecule has 0 aromatic carbocycles. The molecule has 9 heavy (non-hydrogen) atoms. The molecule has 1 rings (SSSR count). The molecule has 1 saturated carbocycles. The van der Waals surface area contributed by atoms with E-state index in [1.54, 1.807) is 0 Å². The second kappa shape index (κ2) is 1.96. The van der Waals surface area contributed by atoms with Crippen LogP contribution in [-0.4, -0.2) is 30.6 Å². The van der Waals surface area contributed by atoms with Gasteiger partial charge in [0.15, 0.2) is 0 Å². The van der Waals surface area contributed by atoms with Crippen LogP contribution in [0.3, 0.4) is 0 Å². The lowest BCUT2D eigenvalue weighted by molar-refractivity contribution is 0.108. The Bertz CT molecular complexity index is 99.5. The summed E-state index contributed by atoms with van der Waals surface area (Å²) in [7, 11) is 4.22. The van der Waals surface area contributed by atoms with Crippen molar-refractivity contribution in [2.75, 3.05) is 14.1 Å². The Morgan fingerprint density at radius 3 is 2.00 bits per heavy atom. The monoisotopic (exact) mass is 128 g/mol. The predicted molar refractivity (Wildman–Crippen MR) is 39.3 cm³/mol. The molecule has 54 valence electrons. The maximum atomic E-state index is 5.82. The van der Waals surface area contributed by atoms with Gasteiger partial charge in [0.05, 0.1) is 0 Å². The molecule has 2 heteroatoms. The van der Waals surface area contributed by atoms with Crippen LogP contribution in [0.5, 0.6) is 0 Å². The van der Waals surface area contributed by atoms with Crippen molar-refractivity contribution >= 4 is 0 Å². The first-order chi connectivity index (χ1) is 4.01. The van der Waals surface area contributed by atoms with Gasteiger partial charge in [0.2, 0.25) is 0 Å². The van der Waals surface area contributed by atoms with E-state index in [0.717, 1.165) is 18.9 Å². The van der Waals surface area contributed by atoms with Crippen LogP contribution >= 0.6 is 0 Å². The molecule has 2 nitrogen and oxygen atoms in total. The van der Waals surface area contributed by atoms with Gasteiger partial charge in [0.25, 0.3) is 0 Å². The molecule has 1 fully saturated rings. The molecule has 0 aromatic rings. The minimum atomic E-state index is 0.134. The van der Waals surface area contributed by atoms with Crippen LogP contribution in [0.15, 0.2) is 0 Å². The minimum Gasteiger partial charge on any atom is -0.325 e. The summed E-state index contributed by atoms with van der Waals surface area (Å²) in [4.78, 5) is 2.24. The molecule has 0 radical (unpaired) electrons. The molecule has 0 heterocycles. The van der Waals surface area contributed by atoms with Crippen LogP contribution < -0.4 is 5.73 Å². The Labute approximate surface area is 57.0 Å². The van der Waals surface area contributed by atoms with Crippen molar-refractivity contribution in [3.8, 4) is 0 Å². The molecule has 0 unspecified atom stereocenters. The third kappa shape index (κ3) is 1.43. The largest absolute Gasteiger partial charge is 0.325 e. The first-order valence-electron chi connectivity index (χ1n) is 3.46. The molecule has 0 saturated heterocycles. The fraction of sp³-hybridized carbons (Fsp3) is 1.00. The molecule has 1 aliphatic rings. The highest BCUT2D eigenvalue weighted by molar-refractivity contribution is 4.98. The number of hydrogen-bond acceptors (Lipinski definition) is 2. The highest BCUT2D eigenvalue weighted by atomic mass is 15.1. The summed E-state index contributed by atoms with van der Waals surface area (Å²) in [6.45, 7) is 2.12. The van der Waals surface area contributed by atoms with Gasteiger partial charge in [-0.2, -0.15) is 0 Å². The normalized spacial score (nSPS) is 43.0. The fourth-order valence-corrected chi connectivity index (χ4v) is 1.38. The maximum absolute atomic E-state index is 5.82. The van der Waals surface area contributed by atoms with Crippen LogP contribution in [-0.2, 0) is 0 Å². The smallest absolute Gasteiger partial charge is 0.0155 e. The maximum Gasteiger partial charge on any atom is 0.0155 e. The lowest BCUT2D eigenvalue weighted by atomic mass is 9.74. The third-order valence-corrected chi connectivity index (χ3v) is 2.13. The van der Waals surface area contributed by atoms with E-state index in [2.05, 4.69) is 25.9 Å². The van der Waals surface area contributed by atoms with E-state index in [9.17, 15) is 0 Å². The summed E-state index contributed by atoms with van der Waals surface area (Å²) in [6.07, 6.45) is 2.31. The van der Waals surface area contributed by atoms with Gasteiger partial charge < -0.3 is 10.6 Å². The quantitative estimate of drug-likeness (QED) is 0.555. The Hall–Kier alpha value is -0.0800.